The third-order valence-electron chi connectivity index (χ3n) is 5.01. The molecule has 0 amide bonds. The van der Waals surface area contributed by atoms with Crippen molar-refractivity contribution >= 4 is 6.71 Å². The van der Waals surface area contributed by atoms with Gasteiger partial charge in [-0.1, -0.05) is 117 Å². The van der Waals surface area contributed by atoms with Gasteiger partial charge >= 0.3 is 0 Å². The second kappa shape index (κ2) is 11.9. The number of rotatable bonds is 12. The van der Waals surface area contributed by atoms with Gasteiger partial charge in [-0.25, -0.2) is 0 Å². The van der Waals surface area contributed by atoms with E-state index < -0.39 is 0 Å². The van der Waals surface area contributed by atoms with Crippen molar-refractivity contribution < 1.29 is 0 Å². The first kappa shape index (κ1) is 19.1. The molecule has 3 atom stereocenters. The van der Waals surface area contributed by atoms with Crippen LogP contribution in [0.25, 0.3) is 0 Å². The zero-order chi connectivity index (χ0) is 14.7. The van der Waals surface area contributed by atoms with Crippen LogP contribution in [0.4, 0.5) is 0 Å². The van der Waals surface area contributed by atoms with Crippen molar-refractivity contribution in [2.75, 3.05) is 0 Å². The molecule has 0 radical (unpaired) electrons. The molecule has 1 heteroatoms. The van der Waals surface area contributed by atoms with Gasteiger partial charge in [0.1, 0.15) is 6.71 Å². The van der Waals surface area contributed by atoms with E-state index in [1.807, 2.05) is 0 Å². The van der Waals surface area contributed by atoms with Crippen molar-refractivity contribution in [1.29, 1.82) is 0 Å². The van der Waals surface area contributed by atoms with Crippen molar-refractivity contribution in [3.8, 4) is 0 Å². The monoisotopic (exact) mass is 266 g/mol. The smallest absolute Gasteiger partial charge is 0.0690 e. The summed E-state index contributed by atoms with van der Waals surface area (Å²) in [4.78, 5) is 0. The molecule has 0 saturated heterocycles. The maximum atomic E-state index is 2.52. The quantitative estimate of drug-likeness (QED) is 0.327. The molecule has 0 heterocycles. The summed E-state index contributed by atoms with van der Waals surface area (Å²) in [6.45, 7) is 15.5. The lowest BCUT2D eigenvalue weighted by molar-refractivity contribution is 0.612. The molecule has 0 aromatic carbocycles. The van der Waals surface area contributed by atoms with Crippen LogP contribution >= 0.6 is 0 Å². The summed E-state index contributed by atoms with van der Waals surface area (Å²) in [5, 5.41) is 0. The van der Waals surface area contributed by atoms with Gasteiger partial charge in [0.2, 0.25) is 0 Å². The molecule has 0 N–H and O–H groups in total. The molecule has 0 aliphatic carbocycles. The summed E-state index contributed by atoms with van der Waals surface area (Å²) in [5.41, 5.74) is 0. The number of hydrogen-bond donors (Lipinski definition) is 0. The topological polar surface area (TPSA) is 0 Å². The molecule has 3 unspecified atom stereocenters. The molecule has 0 bridgehead atoms. The van der Waals surface area contributed by atoms with E-state index in [0.717, 1.165) is 24.2 Å². The van der Waals surface area contributed by atoms with E-state index in [0.29, 0.717) is 0 Å². The Labute approximate surface area is 124 Å². The van der Waals surface area contributed by atoms with Gasteiger partial charge in [0, 0.05) is 0 Å². The molecule has 0 spiro atoms. The Bertz CT molecular complexity index is 157. The predicted octanol–water partition coefficient (Wildman–Crippen LogP) is 7.22. The first-order chi connectivity index (χ1) is 9.08. The number of unbranched alkanes of at least 4 members (excludes halogenated alkanes) is 3. The zero-order valence-electron chi connectivity index (χ0n) is 14.7. The van der Waals surface area contributed by atoms with Gasteiger partial charge in [-0.05, 0) is 0 Å². The first-order valence-corrected chi connectivity index (χ1v) is 9.08. The van der Waals surface area contributed by atoms with E-state index in [1.54, 1.807) is 0 Å². The fourth-order valence-corrected chi connectivity index (χ4v) is 3.84. The SMILES string of the molecule is CCCCC(C)B(C(C)CCCC)C(C)CCCC. The summed E-state index contributed by atoms with van der Waals surface area (Å²) in [6, 6.07) is 0. The van der Waals surface area contributed by atoms with Crippen LogP contribution in [0, 0.1) is 0 Å². The maximum Gasteiger partial charge on any atom is 0.148 e. The van der Waals surface area contributed by atoms with Crippen LogP contribution in [0.3, 0.4) is 0 Å². The lowest BCUT2D eigenvalue weighted by Gasteiger charge is -2.32. The van der Waals surface area contributed by atoms with Crippen LogP contribution < -0.4 is 0 Å². The Hall–Kier alpha value is 0.0649. The van der Waals surface area contributed by atoms with Crippen molar-refractivity contribution in [1.82, 2.24) is 0 Å². The molecule has 0 saturated carbocycles. The standard InChI is InChI=1S/C18H39B/c1-7-10-13-16(4)19(17(5)14-11-8-2)18(6)15-12-9-3/h16-18H,7-15H2,1-6H3. The second-order valence-electron chi connectivity index (χ2n) is 6.94. The van der Waals surface area contributed by atoms with Crippen molar-refractivity contribution in [2.45, 2.75) is 117 Å². The average Bonchev–Trinajstić information content (AvgIpc) is 2.40. The third kappa shape index (κ3) is 8.05. The van der Waals surface area contributed by atoms with Crippen LogP contribution in [0.1, 0.15) is 99.3 Å². The maximum absolute atomic E-state index is 2.52. The molecule has 0 rings (SSSR count). The molecule has 0 aromatic heterocycles. The van der Waals surface area contributed by atoms with Gasteiger partial charge in [0.05, 0.1) is 0 Å². The van der Waals surface area contributed by atoms with Crippen LogP contribution in [0.5, 0.6) is 0 Å². The Balaban J connectivity index is 4.50. The van der Waals surface area contributed by atoms with Gasteiger partial charge < -0.3 is 0 Å². The Morgan fingerprint density at radius 3 is 1.05 bits per heavy atom. The van der Waals surface area contributed by atoms with Crippen molar-refractivity contribution in [3.63, 3.8) is 0 Å². The van der Waals surface area contributed by atoms with Gasteiger partial charge in [0.25, 0.3) is 0 Å². The second-order valence-corrected chi connectivity index (χ2v) is 6.94. The Kier molecular flexibility index (Phi) is 11.9. The predicted molar refractivity (Wildman–Crippen MR) is 92.6 cm³/mol. The van der Waals surface area contributed by atoms with Gasteiger partial charge in [-0.15, -0.1) is 0 Å². The number of hydrogen-bond acceptors (Lipinski definition) is 0. The zero-order valence-corrected chi connectivity index (χ0v) is 14.7. The summed E-state index contributed by atoms with van der Waals surface area (Å²) < 4.78 is 0. The summed E-state index contributed by atoms with van der Waals surface area (Å²) >= 11 is 0. The van der Waals surface area contributed by atoms with Crippen LogP contribution in [0.15, 0.2) is 0 Å². The summed E-state index contributed by atoms with van der Waals surface area (Å²) in [7, 11) is 0. The molecule has 0 nitrogen and oxygen atoms in total. The molecular formula is C18H39B. The molecule has 0 fully saturated rings. The molecule has 0 aliphatic heterocycles. The highest BCUT2D eigenvalue weighted by molar-refractivity contribution is 6.63. The largest absolute Gasteiger partial charge is 0.148 e. The van der Waals surface area contributed by atoms with E-state index in [9.17, 15) is 0 Å². The minimum absolute atomic E-state index is 0.915. The normalized spacial score (nSPS) is 16.1. The van der Waals surface area contributed by atoms with Crippen LogP contribution in [-0.2, 0) is 0 Å². The van der Waals surface area contributed by atoms with Crippen LogP contribution in [-0.4, -0.2) is 6.71 Å². The van der Waals surface area contributed by atoms with Crippen LogP contribution in [0.2, 0.25) is 17.5 Å². The highest BCUT2D eigenvalue weighted by atomic mass is 14.1. The lowest BCUT2D eigenvalue weighted by atomic mass is 9.27. The van der Waals surface area contributed by atoms with E-state index in [2.05, 4.69) is 41.5 Å². The molecular weight excluding hydrogens is 227 g/mol. The van der Waals surface area contributed by atoms with Crippen molar-refractivity contribution in [3.05, 3.63) is 0 Å². The average molecular weight is 266 g/mol. The fraction of sp³-hybridized carbons (Fsp3) is 1.00. The summed E-state index contributed by atoms with van der Waals surface area (Å²) in [6.07, 6.45) is 12.6. The van der Waals surface area contributed by atoms with Gasteiger partial charge in [0.15, 0.2) is 0 Å². The summed E-state index contributed by atoms with van der Waals surface area (Å²) in [5.74, 6) is 2.75. The minimum atomic E-state index is 0.915. The van der Waals surface area contributed by atoms with Gasteiger partial charge in [-0.2, -0.15) is 0 Å². The first-order valence-electron chi connectivity index (χ1n) is 9.08. The van der Waals surface area contributed by atoms with E-state index >= 15 is 0 Å². The minimum Gasteiger partial charge on any atom is -0.0690 e. The Morgan fingerprint density at radius 2 is 0.842 bits per heavy atom. The fourth-order valence-electron chi connectivity index (χ4n) is 3.84. The van der Waals surface area contributed by atoms with E-state index in [1.165, 1.54) is 57.8 Å². The van der Waals surface area contributed by atoms with E-state index in [-0.39, 0.29) is 0 Å². The molecule has 0 aromatic rings. The lowest BCUT2D eigenvalue weighted by Crippen LogP contribution is -2.29. The molecule has 19 heavy (non-hydrogen) atoms. The molecule has 0 aliphatic rings. The Morgan fingerprint density at radius 1 is 0.579 bits per heavy atom. The van der Waals surface area contributed by atoms with Crippen molar-refractivity contribution in [2.24, 2.45) is 0 Å². The molecule has 114 valence electrons. The highest BCUT2D eigenvalue weighted by Crippen LogP contribution is 2.38. The third-order valence-corrected chi connectivity index (χ3v) is 5.01. The highest BCUT2D eigenvalue weighted by Gasteiger charge is 2.31. The van der Waals surface area contributed by atoms with Gasteiger partial charge in [-0.3, -0.25) is 0 Å². The van der Waals surface area contributed by atoms with E-state index in [4.69, 9.17) is 0 Å².